The van der Waals surface area contributed by atoms with Gasteiger partial charge in [-0.25, -0.2) is 9.59 Å². The molecule has 0 aliphatic heterocycles. The number of hydrogen-bond donors (Lipinski definition) is 2. The lowest BCUT2D eigenvalue weighted by molar-refractivity contribution is -0.225. The first kappa shape index (κ1) is 39.6. The number of hydrogen-bond acceptors (Lipinski definition) is 4. The summed E-state index contributed by atoms with van der Waals surface area (Å²) in [4.78, 5) is 40.2. The molecule has 292 valence electrons. The molecule has 2 N–H and O–H groups in total. The summed E-state index contributed by atoms with van der Waals surface area (Å²) in [5.41, 5.74) is 3.61. The number of benzene rings is 1. The minimum atomic E-state index is -0.885. The molecule has 0 spiro atoms. The number of nitrogens with one attached hydrogen (secondary N) is 1. The van der Waals surface area contributed by atoms with Gasteiger partial charge in [0.25, 0.3) is 0 Å². The summed E-state index contributed by atoms with van der Waals surface area (Å²) in [5.74, 6) is 1.60. The van der Waals surface area contributed by atoms with Gasteiger partial charge in [0, 0.05) is 20.1 Å². The van der Waals surface area contributed by atoms with Crippen molar-refractivity contribution in [1.29, 1.82) is 0 Å². The Bertz CT molecular complexity index is 1650. The van der Waals surface area contributed by atoms with Crippen LogP contribution in [0.4, 0.5) is 4.79 Å². The highest BCUT2D eigenvalue weighted by Crippen LogP contribution is 2.77. The molecule has 0 aromatic heterocycles. The van der Waals surface area contributed by atoms with E-state index < -0.39 is 11.6 Å². The van der Waals surface area contributed by atoms with Gasteiger partial charge in [0.05, 0.1) is 11.0 Å². The average molecular weight is 729 g/mol. The fourth-order valence-corrected chi connectivity index (χ4v) is 13.6. The number of amides is 2. The Morgan fingerprint density at radius 1 is 0.925 bits per heavy atom. The lowest BCUT2D eigenvalue weighted by Crippen LogP contribution is -2.66. The number of nitrogens with zero attached hydrogens (tertiary/aromatic N) is 1. The van der Waals surface area contributed by atoms with Gasteiger partial charge >= 0.3 is 12.1 Å². The molecule has 2 amide bonds. The average Bonchev–Trinajstić information content (AvgIpc) is 3.47. The van der Waals surface area contributed by atoms with Crippen LogP contribution in [0.5, 0.6) is 0 Å². The van der Waals surface area contributed by atoms with Crippen LogP contribution < -0.4 is 5.32 Å². The van der Waals surface area contributed by atoms with Gasteiger partial charge in [-0.15, -0.1) is 0 Å². The van der Waals surface area contributed by atoms with E-state index in [-0.39, 0.29) is 39.1 Å². The number of carbonyl (C=O) groups is 3. The number of allylic oxidation sites excluding steroid dienone is 3. The summed E-state index contributed by atoms with van der Waals surface area (Å²) in [6, 6.07) is 7.51. The third-order valence-electron chi connectivity index (χ3n) is 16.2. The monoisotopic (exact) mass is 729 g/mol. The van der Waals surface area contributed by atoms with E-state index in [1.165, 1.54) is 30.4 Å². The zero-order valence-electron chi connectivity index (χ0n) is 34.5. The summed E-state index contributed by atoms with van der Waals surface area (Å²) in [7, 11) is 1.76. The van der Waals surface area contributed by atoms with Crippen molar-refractivity contribution in [1.82, 2.24) is 10.2 Å². The van der Waals surface area contributed by atoms with E-state index in [0.29, 0.717) is 54.7 Å². The first-order valence-corrected chi connectivity index (χ1v) is 20.5. The molecule has 5 aliphatic carbocycles. The Labute approximate surface area is 319 Å². The topological polar surface area (TPSA) is 95.9 Å². The Morgan fingerprint density at radius 3 is 2.23 bits per heavy atom. The normalized spacial score (nSPS) is 37.2. The first-order chi connectivity index (χ1) is 24.6. The van der Waals surface area contributed by atoms with Crippen LogP contribution in [-0.4, -0.2) is 53.7 Å². The second kappa shape index (κ2) is 13.6. The molecule has 4 saturated carbocycles. The maximum atomic E-state index is 14.5. The summed E-state index contributed by atoms with van der Waals surface area (Å²) in [6.45, 7) is 26.1. The molecule has 9 atom stereocenters. The number of ether oxygens (including phenoxy) is 1. The van der Waals surface area contributed by atoms with Crippen molar-refractivity contribution in [2.75, 3.05) is 20.1 Å². The molecule has 0 heterocycles. The lowest BCUT2D eigenvalue weighted by Gasteiger charge is -2.72. The standard InChI is InChI=1S/C46H68N2O5/c1-29(2)32-19-24-46(39(51)47-27-12-28-48(11)40(52)53-41(3,4)5)26-25-44(9)34(37(32)46)17-18-36-43(8)22-20-33(30-13-15-31(16-14-30)38(49)50)42(6,7)35(43)21-23-45(36,44)10/h13-16,20,32,34-37H,1,12,17-19,21-28H2,2-11H3,(H,47,51)(H,49,50)/t32-,34+,35-,36+,37+,43-,44+,45+,46-/m0/s1. The Balaban J connectivity index is 1.23. The van der Waals surface area contributed by atoms with Gasteiger partial charge in [0.2, 0.25) is 5.91 Å². The van der Waals surface area contributed by atoms with Crippen LogP contribution in [0.15, 0.2) is 42.5 Å². The fourth-order valence-electron chi connectivity index (χ4n) is 13.6. The summed E-state index contributed by atoms with van der Waals surface area (Å²) < 4.78 is 5.52. The van der Waals surface area contributed by atoms with Crippen LogP contribution in [0, 0.1) is 56.7 Å². The number of fused-ring (bicyclic) bond motifs is 7. The molecule has 0 unspecified atom stereocenters. The maximum absolute atomic E-state index is 14.5. The van der Waals surface area contributed by atoms with Crippen molar-refractivity contribution in [2.45, 2.75) is 132 Å². The minimum Gasteiger partial charge on any atom is -0.478 e. The van der Waals surface area contributed by atoms with Gasteiger partial charge in [-0.2, -0.15) is 0 Å². The molecule has 7 nitrogen and oxygen atoms in total. The molecule has 4 fully saturated rings. The summed E-state index contributed by atoms with van der Waals surface area (Å²) >= 11 is 0. The number of carbonyl (C=O) groups excluding carboxylic acids is 2. The minimum absolute atomic E-state index is 0.0329. The van der Waals surface area contributed by atoms with E-state index in [1.807, 2.05) is 32.9 Å². The molecule has 1 aromatic carbocycles. The van der Waals surface area contributed by atoms with Crippen molar-refractivity contribution in [2.24, 2.45) is 56.7 Å². The molecule has 1 aromatic rings. The molecule has 6 rings (SSSR count). The second-order valence-electron chi connectivity index (χ2n) is 20.3. The number of carboxylic acids is 1. The van der Waals surface area contributed by atoms with Gasteiger partial charge in [-0.05, 0) is 166 Å². The van der Waals surface area contributed by atoms with E-state index in [1.54, 1.807) is 24.1 Å². The first-order valence-electron chi connectivity index (χ1n) is 20.5. The predicted octanol–water partition coefficient (Wildman–Crippen LogP) is 10.4. The largest absolute Gasteiger partial charge is 0.478 e. The molecule has 0 bridgehead atoms. The molecule has 53 heavy (non-hydrogen) atoms. The van der Waals surface area contributed by atoms with E-state index in [9.17, 15) is 19.5 Å². The van der Waals surface area contributed by atoms with E-state index >= 15 is 0 Å². The van der Waals surface area contributed by atoms with Crippen molar-refractivity contribution in [3.63, 3.8) is 0 Å². The Kier molecular flexibility index (Phi) is 10.1. The van der Waals surface area contributed by atoms with Gasteiger partial charge < -0.3 is 20.1 Å². The SMILES string of the molecule is C=C(C)[C@@H]1CC[C@]2(C(=O)NCCCN(C)C(=O)OC(C)(C)C)CC[C@]3(C)[C@H](CC[C@@H]4[C@@]5(C)CC=C(c6ccc(C(=O)O)cc6)C(C)(C)[C@@H]5CC[C@]43C)[C@@H]12. The van der Waals surface area contributed by atoms with Gasteiger partial charge in [-0.3, -0.25) is 4.79 Å². The highest BCUT2D eigenvalue weighted by atomic mass is 16.6. The Morgan fingerprint density at radius 2 is 1.60 bits per heavy atom. The van der Waals surface area contributed by atoms with Gasteiger partial charge in [-0.1, -0.05) is 65.0 Å². The predicted molar refractivity (Wildman–Crippen MR) is 212 cm³/mol. The molecule has 0 radical (unpaired) electrons. The van der Waals surface area contributed by atoms with Crippen LogP contribution in [0.2, 0.25) is 0 Å². The van der Waals surface area contributed by atoms with Crippen LogP contribution in [0.25, 0.3) is 5.57 Å². The van der Waals surface area contributed by atoms with Gasteiger partial charge in [0.1, 0.15) is 5.60 Å². The quantitative estimate of drug-likeness (QED) is 0.205. The zero-order chi connectivity index (χ0) is 38.9. The van der Waals surface area contributed by atoms with E-state index in [4.69, 9.17) is 4.74 Å². The highest BCUT2D eigenvalue weighted by molar-refractivity contribution is 5.88. The van der Waals surface area contributed by atoms with Gasteiger partial charge in [0.15, 0.2) is 0 Å². The van der Waals surface area contributed by atoms with Crippen molar-refractivity contribution < 1.29 is 24.2 Å². The third kappa shape index (κ3) is 6.38. The molecule has 7 heteroatoms. The maximum Gasteiger partial charge on any atom is 0.410 e. The van der Waals surface area contributed by atoms with E-state index in [2.05, 4.69) is 59.5 Å². The summed E-state index contributed by atoms with van der Waals surface area (Å²) in [6.07, 6.45) is 12.6. The third-order valence-corrected chi connectivity index (χ3v) is 16.2. The lowest BCUT2D eigenvalue weighted by atomic mass is 9.32. The highest BCUT2D eigenvalue weighted by Gasteiger charge is 2.71. The van der Waals surface area contributed by atoms with Crippen LogP contribution in [-0.2, 0) is 9.53 Å². The smallest absolute Gasteiger partial charge is 0.410 e. The Hall–Kier alpha value is -3.09. The fraction of sp³-hybridized carbons (Fsp3) is 0.717. The van der Waals surface area contributed by atoms with Crippen molar-refractivity contribution in [3.8, 4) is 0 Å². The van der Waals surface area contributed by atoms with Crippen molar-refractivity contribution >= 4 is 23.5 Å². The zero-order valence-corrected chi connectivity index (χ0v) is 34.5. The van der Waals surface area contributed by atoms with Crippen LogP contribution >= 0.6 is 0 Å². The summed E-state index contributed by atoms with van der Waals surface area (Å²) in [5, 5.41) is 12.9. The molecular formula is C46H68N2O5. The van der Waals surface area contributed by atoms with E-state index in [0.717, 1.165) is 44.1 Å². The molecule has 5 aliphatic rings. The number of carboxylic acid groups (broad SMARTS) is 1. The number of aromatic carboxylic acids is 1. The number of rotatable bonds is 8. The van der Waals surface area contributed by atoms with Crippen molar-refractivity contribution in [3.05, 3.63) is 53.6 Å². The second-order valence-corrected chi connectivity index (χ2v) is 20.3. The molecular weight excluding hydrogens is 661 g/mol. The van der Waals surface area contributed by atoms with Crippen LogP contribution in [0.1, 0.15) is 142 Å². The molecule has 0 saturated heterocycles. The van der Waals surface area contributed by atoms with Crippen LogP contribution in [0.3, 0.4) is 0 Å².